The van der Waals surface area contributed by atoms with Gasteiger partial charge >= 0.3 is 6.09 Å². The molecule has 0 radical (unpaired) electrons. The minimum Gasteiger partial charge on any atom is -0.450 e. The number of carbonyl (C=O) groups is 3. The van der Waals surface area contributed by atoms with Crippen molar-refractivity contribution in [2.75, 3.05) is 39.3 Å². The molecule has 0 atom stereocenters. The van der Waals surface area contributed by atoms with Gasteiger partial charge in [-0.15, -0.1) is 0 Å². The highest BCUT2D eigenvalue weighted by atomic mass is 16.6. The molecule has 7 nitrogen and oxygen atoms in total. The van der Waals surface area contributed by atoms with E-state index >= 15 is 0 Å². The van der Waals surface area contributed by atoms with Crippen molar-refractivity contribution in [3.05, 3.63) is 71.3 Å². The molecule has 164 valence electrons. The Kier molecular flexibility index (Phi) is 8.18. The number of benzene rings is 2. The summed E-state index contributed by atoms with van der Waals surface area (Å²) in [5.74, 6) is -0.136. The molecular weight excluding hydrogens is 394 g/mol. The van der Waals surface area contributed by atoms with Crippen LogP contribution in [0.2, 0.25) is 0 Å². The molecule has 0 aromatic heterocycles. The summed E-state index contributed by atoms with van der Waals surface area (Å²) < 4.78 is 5.02. The van der Waals surface area contributed by atoms with Crippen LogP contribution in [0.5, 0.6) is 0 Å². The molecule has 0 saturated carbocycles. The minimum absolute atomic E-state index is 0.0490. The van der Waals surface area contributed by atoms with E-state index in [2.05, 4.69) is 5.32 Å². The van der Waals surface area contributed by atoms with Gasteiger partial charge in [0.1, 0.15) is 0 Å². The summed E-state index contributed by atoms with van der Waals surface area (Å²) in [5, 5.41) is 2.93. The van der Waals surface area contributed by atoms with E-state index in [4.69, 9.17) is 4.74 Å². The van der Waals surface area contributed by atoms with Crippen molar-refractivity contribution in [2.45, 2.75) is 19.9 Å². The fourth-order valence-electron chi connectivity index (χ4n) is 3.59. The van der Waals surface area contributed by atoms with Crippen molar-refractivity contribution < 1.29 is 19.1 Å². The highest BCUT2D eigenvalue weighted by molar-refractivity contribution is 5.97. The van der Waals surface area contributed by atoms with Crippen molar-refractivity contribution in [3.8, 4) is 0 Å². The molecule has 1 saturated heterocycles. The molecule has 0 spiro atoms. The fraction of sp³-hybridized carbons (Fsp3) is 0.375. The molecule has 1 N–H and O–H groups in total. The number of rotatable bonds is 8. The van der Waals surface area contributed by atoms with Crippen LogP contribution in [0, 0.1) is 0 Å². The first kappa shape index (κ1) is 22.5. The smallest absolute Gasteiger partial charge is 0.409 e. The Labute approximate surface area is 183 Å². The summed E-state index contributed by atoms with van der Waals surface area (Å²) in [6, 6.07) is 16.9. The largest absolute Gasteiger partial charge is 0.450 e. The second-order valence-electron chi connectivity index (χ2n) is 7.50. The van der Waals surface area contributed by atoms with Crippen molar-refractivity contribution >= 4 is 17.8 Å². The van der Waals surface area contributed by atoms with Gasteiger partial charge in [-0.1, -0.05) is 48.5 Å². The Morgan fingerprint density at radius 1 is 0.935 bits per heavy atom. The molecule has 31 heavy (non-hydrogen) atoms. The molecule has 3 rings (SSSR count). The maximum absolute atomic E-state index is 12.7. The lowest BCUT2D eigenvalue weighted by molar-refractivity contribution is -0.119. The molecule has 2 aromatic rings. The molecule has 1 aliphatic rings. The average Bonchev–Trinajstić information content (AvgIpc) is 2.79. The first-order valence-electron chi connectivity index (χ1n) is 10.6. The molecule has 1 aliphatic heterocycles. The highest BCUT2D eigenvalue weighted by Crippen LogP contribution is 2.12. The number of carbonyl (C=O) groups excluding carboxylic acids is 3. The normalized spacial score (nSPS) is 14.2. The first-order valence-corrected chi connectivity index (χ1v) is 10.6. The zero-order valence-corrected chi connectivity index (χ0v) is 17.9. The summed E-state index contributed by atoms with van der Waals surface area (Å²) in [5.41, 5.74) is 2.27. The van der Waals surface area contributed by atoms with Gasteiger partial charge in [-0.3, -0.25) is 14.5 Å². The Balaban J connectivity index is 1.51. The maximum atomic E-state index is 12.7. The van der Waals surface area contributed by atoms with Gasteiger partial charge in [0.25, 0.3) is 5.91 Å². The number of ketones is 1. The van der Waals surface area contributed by atoms with Gasteiger partial charge in [0.2, 0.25) is 0 Å². The summed E-state index contributed by atoms with van der Waals surface area (Å²) >= 11 is 0. The number of piperazine rings is 1. The summed E-state index contributed by atoms with van der Waals surface area (Å²) in [6.45, 7) is 5.23. The Hall–Kier alpha value is -3.19. The molecule has 1 fully saturated rings. The van der Waals surface area contributed by atoms with Crippen LogP contribution in [-0.4, -0.2) is 66.9 Å². The van der Waals surface area contributed by atoms with Crippen molar-refractivity contribution in [3.63, 3.8) is 0 Å². The summed E-state index contributed by atoms with van der Waals surface area (Å²) in [4.78, 5) is 40.9. The Bertz CT molecular complexity index is 893. The number of nitrogens with one attached hydrogen (secondary N) is 1. The average molecular weight is 424 g/mol. The van der Waals surface area contributed by atoms with Gasteiger partial charge < -0.3 is 15.0 Å². The van der Waals surface area contributed by atoms with Gasteiger partial charge in [0.15, 0.2) is 5.78 Å². The van der Waals surface area contributed by atoms with E-state index in [1.807, 2.05) is 47.4 Å². The van der Waals surface area contributed by atoms with E-state index in [1.54, 1.807) is 24.0 Å². The van der Waals surface area contributed by atoms with E-state index in [9.17, 15) is 14.4 Å². The third-order valence-corrected chi connectivity index (χ3v) is 5.24. The van der Waals surface area contributed by atoms with Crippen LogP contribution < -0.4 is 5.32 Å². The Morgan fingerprint density at radius 3 is 2.32 bits per heavy atom. The Morgan fingerprint density at radius 2 is 1.61 bits per heavy atom. The first-order chi connectivity index (χ1) is 15.1. The number of hydrogen-bond acceptors (Lipinski definition) is 5. The predicted molar refractivity (Wildman–Crippen MR) is 118 cm³/mol. The van der Waals surface area contributed by atoms with Crippen LogP contribution in [0.1, 0.15) is 28.4 Å². The van der Waals surface area contributed by atoms with E-state index in [0.29, 0.717) is 51.4 Å². The lowest BCUT2D eigenvalue weighted by Crippen LogP contribution is -2.50. The van der Waals surface area contributed by atoms with Crippen molar-refractivity contribution in [1.82, 2.24) is 15.1 Å². The number of nitrogens with zero attached hydrogens (tertiary/aromatic N) is 2. The fourth-order valence-corrected chi connectivity index (χ4v) is 3.59. The quantitative estimate of drug-likeness (QED) is 0.706. The lowest BCUT2D eigenvalue weighted by Gasteiger charge is -2.33. The van der Waals surface area contributed by atoms with Crippen LogP contribution in [-0.2, 0) is 22.5 Å². The van der Waals surface area contributed by atoms with Crippen LogP contribution in [0.25, 0.3) is 0 Å². The second kappa shape index (κ2) is 11.3. The van der Waals surface area contributed by atoms with Gasteiger partial charge in [-0.25, -0.2) is 4.79 Å². The molecule has 2 aromatic carbocycles. The van der Waals surface area contributed by atoms with Crippen LogP contribution in [0.3, 0.4) is 0 Å². The summed E-state index contributed by atoms with van der Waals surface area (Å²) in [7, 11) is 0. The SMILES string of the molecule is CCOC(=O)N1CCN(CC(=O)Cc2ccccc2C(=O)NCc2ccccc2)CC1. The topological polar surface area (TPSA) is 79.0 Å². The van der Waals surface area contributed by atoms with Crippen molar-refractivity contribution in [2.24, 2.45) is 0 Å². The maximum Gasteiger partial charge on any atom is 0.409 e. The zero-order chi connectivity index (χ0) is 22.1. The van der Waals surface area contributed by atoms with Gasteiger partial charge in [0, 0.05) is 44.7 Å². The van der Waals surface area contributed by atoms with Crippen LogP contribution in [0.15, 0.2) is 54.6 Å². The number of amides is 2. The monoisotopic (exact) mass is 423 g/mol. The van der Waals surface area contributed by atoms with E-state index < -0.39 is 0 Å². The highest BCUT2D eigenvalue weighted by Gasteiger charge is 2.23. The van der Waals surface area contributed by atoms with Gasteiger partial charge in [-0.05, 0) is 24.1 Å². The molecule has 7 heteroatoms. The molecule has 0 unspecified atom stereocenters. The summed E-state index contributed by atoms with van der Waals surface area (Å²) in [6.07, 6.45) is -0.101. The van der Waals surface area contributed by atoms with Crippen LogP contribution in [0.4, 0.5) is 4.79 Å². The van der Waals surface area contributed by atoms with Gasteiger partial charge in [-0.2, -0.15) is 0 Å². The molecule has 0 aliphatic carbocycles. The lowest BCUT2D eigenvalue weighted by atomic mass is 10.0. The molecule has 1 heterocycles. The van der Waals surface area contributed by atoms with E-state index in [0.717, 1.165) is 11.1 Å². The van der Waals surface area contributed by atoms with E-state index in [1.165, 1.54) is 0 Å². The van der Waals surface area contributed by atoms with Crippen molar-refractivity contribution in [1.29, 1.82) is 0 Å². The van der Waals surface area contributed by atoms with Crippen LogP contribution >= 0.6 is 0 Å². The predicted octanol–water partition coefficient (Wildman–Crippen LogP) is 2.50. The standard InChI is InChI=1S/C24H29N3O4/c1-2-31-24(30)27-14-12-26(13-15-27)18-21(28)16-20-10-6-7-11-22(20)23(29)25-17-19-8-4-3-5-9-19/h3-11H,2,12-18H2,1H3,(H,25,29). The zero-order valence-electron chi connectivity index (χ0n) is 17.9. The minimum atomic E-state index is -0.302. The van der Waals surface area contributed by atoms with Gasteiger partial charge in [0.05, 0.1) is 13.2 Å². The second-order valence-corrected chi connectivity index (χ2v) is 7.50. The number of ether oxygens (including phenoxy) is 1. The molecule has 2 amide bonds. The molecular formula is C24H29N3O4. The van der Waals surface area contributed by atoms with E-state index in [-0.39, 0.29) is 24.2 Å². The molecule has 0 bridgehead atoms. The number of Topliss-reactive ketones (excluding diaryl/α,β-unsaturated/α-hetero) is 1. The number of hydrogen-bond donors (Lipinski definition) is 1. The third-order valence-electron chi connectivity index (χ3n) is 5.24. The third kappa shape index (κ3) is 6.65.